The number of benzene rings is 3. The van der Waals surface area contributed by atoms with Gasteiger partial charge in [-0.2, -0.15) is 0 Å². The Morgan fingerprint density at radius 3 is 1.86 bits per heavy atom. The lowest BCUT2D eigenvalue weighted by Gasteiger charge is -2.40. The zero-order chi connectivity index (χ0) is 29.0. The standard InChI is InChI=1S/C37H36O5/c1-39-33-23-8-6-13-27(33)15-10-19-30-21-12-22-31(20-11-16-28-14-7-9-24-34(28)40-2)37(30)35-32(38)25-26-36(41-35,42-37)29-17-4-3-5-18-29/h3-11,13-20,23-24,35H,12,21-22,25-26H2,1-2H3/b15-10+,16-11+,30-19+,31-20+/t35-,36+/m0/s1. The number of rotatable bonds is 7. The van der Waals surface area contributed by atoms with Crippen molar-refractivity contribution in [1.82, 2.24) is 0 Å². The maximum absolute atomic E-state index is 13.6. The van der Waals surface area contributed by atoms with Gasteiger partial charge < -0.3 is 18.9 Å². The van der Waals surface area contributed by atoms with Crippen molar-refractivity contribution in [1.29, 1.82) is 0 Å². The average molecular weight is 561 g/mol. The quantitative estimate of drug-likeness (QED) is 0.295. The highest BCUT2D eigenvalue weighted by molar-refractivity contribution is 5.88. The minimum atomic E-state index is -0.988. The average Bonchev–Trinajstić information content (AvgIpc) is 3.33. The molecule has 0 N–H and O–H groups in total. The van der Waals surface area contributed by atoms with Crippen LogP contribution in [0.2, 0.25) is 0 Å². The molecule has 5 nitrogen and oxygen atoms in total. The molecule has 0 aromatic heterocycles. The number of ketones is 1. The smallest absolute Gasteiger partial charge is 0.197 e. The van der Waals surface area contributed by atoms with E-state index in [2.05, 4.69) is 12.2 Å². The molecular formula is C37H36O5. The van der Waals surface area contributed by atoms with Crippen LogP contribution in [0, 0.1) is 0 Å². The first-order valence-electron chi connectivity index (χ1n) is 14.6. The second kappa shape index (κ2) is 12.0. The highest BCUT2D eigenvalue weighted by Crippen LogP contribution is 2.58. The monoisotopic (exact) mass is 560 g/mol. The van der Waals surface area contributed by atoms with Gasteiger partial charge in [-0.3, -0.25) is 4.79 Å². The molecule has 2 bridgehead atoms. The Bertz CT molecular complexity index is 1490. The molecule has 1 spiro atoms. The van der Waals surface area contributed by atoms with Gasteiger partial charge in [-0.25, -0.2) is 0 Å². The van der Waals surface area contributed by atoms with Gasteiger partial charge in [0.15, 0.2) is 17.7 Å². The van der Waals surface area contributed by atoms with Gasteiger partial charge in [-0.05, 0) is 42.5 Å². The molecule has 2 heterocycles. The van der Waals surface area contributed by atoms with Crippen LogP contribution in [0.15, 0.2) is 114 Å². The van der Waals surface area contributed by atoms with Crippen LogP contribution in [0.4, 0.5) is 0 Å². The molecule has 6 rings (SSSR count). The fourth-order valence-corrected chi connectivity index (χ4v) is 6.47. The summed E-state index contributed by atoms with van der Waals surface area (Å²) in [6.07, 6.45) is 15.1. The molecule has 1 aliphatic carbocycles. The minimum absolute atomic E-state index is 0.0835. The van der Waals surface area contributed by atoms with Crippen LogP contribution in [0.1, 0.15) is 48.8 Å². The van der Waals surface area contributed by atoms with E-state index in [-0.39, 0.29) is 5.78 Å². The molecule has 3 aromatic rings. The molecule has 0 radical (unpaired) electrons. The molecule has 0 unspecified atom stereocenters. The molecule has 0 amide bonds. The summed E-state index contributed by atoms with van der Waals surface area (Å²) in [5, 5.41) is 0. The first-order valence-corrected chi connectivity index (χ1v) is 14.6. The number of allylic oxidation sites excluding steroid dienone is 4. The summed E-state index contributed by atoms with van der Waals surface area (Å²) < 4.78 is 25.0. The van der Waals surface area contributed by atoms with Gasteiger partial charge in [0.1, 0.15) is 17.1 Å². The van der Waals surface area contributed by atoms with E-state index in [4.69, 9.17) is 18.9 Å². The topological polar surface area (TPSA) is 54.0 Å². The maximum Gasteiger partial charge on any atom is 0.197 e. The van der Waals surface area contributed by atoms with Crippen molar-refractivity contribution < 1.29 is 23.7 Å². The van der Waals surface area contributed by atoms with Crippen molar-refractivity contribution in [3.63, 3.8) is 0 Å². The van der Waals surface area contributed by atoms with Crippen molar-refractivity contribution in [2.75, 3.05) is 14.2 Å². The fraction of sp³-hybridized carbons (Fsp3) is 0.270. The summed E-state index contributed by atoms with van der Waals surface area (Å²) in [7, 11) is 3.35. The van der Waals surface area contributed by atoms with E-state index in [1.165, 1.54) is 0 Å². The third-order valence-electron chi connectivity index (χ3n) is 8.48. The predicted octanol–water partition coefficient (Wildman–Crippen LogP) is 7.84. The summed E-state index contributed by atoms with van der Waals surface area (Å²) in [6.45, 7) is 0. The summed E-state index contributed by atoms with van der Waals surface area (Å²) in [6, 6.07) is 25.9. The van der Waals surface area contributed by atoms with Crippen LogP contribution < -0.4 is 9.47 Å². The predicted molar refractivity (Wildman–Crippen MR) is 165 cm³/mol. The minimum Gasteiger partial charge on any atom is -0.496 e. The first-order chi connectivity index (χ1) is 20.6. The number of hydrogen-bond donors (Lipinski definition) is 0. The Hall–Kier alpha value is -4.19. The van der Waals surface area contributed by atoms with Gasteiger partial charge in [0, 0.05) is 29.5 Å². The number of carbonyl (C=O) groups is 1. The van der Waals surface area contributed by atoms with Crippen LogP contribution in [0.3, 0.4) is 0 Å². The van der Waals surface area contributed by atoms with Crippen molar-refractivity contribution in [3.05, 3.63) is 131 Å². The molecule has 214 valence electrons. The second-order valence-electron chi connectivity index (χ2n) is 10.9. The van der Waals surface area contributed by atoms with E-state index in [0.717, 1.165) is 58.6 Å². The zero-order valence-electron chi connectivity index (χ0n) is 24.1. The Kier molecular flexibility index (Phi) is 7.96. The van der Waals surface area contributed by atoms with Gasteiger partial charge >= 0.3 is 0 Å². The third kappa shape index (κ3) is 5.04. The van der Waals surface area contributed by atoms with E-state index in [9.17, 15) is 4.79 Å². The highest BCUT2D eigenvalue weighted by atomic mass is 16.8. The molecule has 3 aliphatic rings. The number of methoxy groups -OCH3 is 2. The van der Waals surface area contributed by atoms with Crippen molar-refractivity contribution in [3.8, 4) is 11.5 Å². The number of ether oxygens (including phenoxy) is 4. The number of Topliss-reactive ketones (excluding diaryl/α,β-unsaturated/α-hetero) is 1. The molecule has 2 saturated heterocycles. The normalized spacial score (nSPS) is 25.2. The van der Waals surface area contributed by atoms with Crippen LogP contribution in [-0.2, 0) is 20.1 Å². The summed E-state index contributed by atoms with van der Waals surface area (Å²) in [5.41, 5.74) is 4.02. The van der Waals surface area contributed by atoms with Gasteiger partial charge in [-0.15, -0.1) is 0 Å². The third-order valence-corrected chi connectivity index (χ3v) is 8.48. The Labute approximate surface area is 247 Å². The summed E-state index contributed by atoms with van der Waals surface area (Å²) in [5.74, 6) is 0.720. The second-order valence-corrected chi connectivity index (χ2v) is 10.9. The number of carbonyl (C=O) groups excluding carboxylic acids is 1. The Morgan fingerprint density at radius 2 is 1.29 bits per heavy atom. The molecule has 42 heavy (non-hydrogen) atoms. The Balaban J connectivity index is 1.45. The highest BCUT2D eigenvalue weighted by Gasteiger charge is 2.65. The zero-order valence-corrected chi connectivity index (χ0v) is 24.1. The SMILES string of the molecule is COc1ccccc1/C=C/C=C1\CCC/C(=C\C=C\c2ccccc2OC)C12O[C@@]1(c3ccccc3)CCC(=O)[C@@H]2O1. The van der Waals surface area contributed by atoms with Gasteiger partial charge in [0.05, 0.1) is 14.2 Å². The largest absolute Gasteiger partial charge is 0.496 e. The van der Waals surface area contributed by atoms with Crippen LogP contribution in [0.5, 0.6) is 11.5 Å². The van der Waals surface area contributed by atoms with E-state index in [1.807, 2.05) is 103 Å². The van der Waals surface area contributed by atoms with Crippen LogP contribution >= 0.6 is 0 Å². The van der Waals surface area contributed by atoms with Crippen molar-refractivity contribution in [2.24, 2.45) is 0 Å². The van der Waals surface area contributed by atoms with Gasteiger partial charge in [0.25, 0.3) is 0 Å². The molecule has 3 aromatic carbocycles. The van der Waals surface area contributed by atoms with E-state index in [1.54, 1.807) is 14.2 Å². The fourth-order valence-electron chi connectivity index (χ4n) is 6.47. The Morgan fingerprint density at radius 1 is 0.738 bits per heavy atom. The molecule has 1 saturated carbocycles. The van der Waals surface area contributed by atoms with E-state index < -0.39 is 17.5 Å². The first kappa shape index (κ1) is 28.0. The van der Waals surface area contributed by atoms with E-state index in [0.29, 0.717) is 12.8 Å². The lowest BCUT2D eigenvalue weighted by molar-refractivity contribution is -0.206. The molecule has 2 aliphatic heterocycles. The summed E-state index contributed by atoms with van der Waals surface area (Å²) in [4.78, 5) is 13.6. The van der Waals surface area contributed by atoms with Crippen molar-refractivity contribution >= 4 is 17.9 Å². The molecule has 2 atom stereocenters. The lowest BCUT2D eigenvalue weighted by Crippen LogP contribution is -2.49. The number of fused-ring (bicyclic) bond motifs is 3. The number of hydrogen-bond acceptors (Lipinski definition) is 5. The van der Waals surface area contributed by atoms with Crippen LogP contribution in [0.25, 0.3) is 12.2 Å². The maximum atomic E-state index is 13.6. The number of para-hydroxylation sites is 2. The van der Waals surface area contributed by atoms with Crippen molar-refractivity contribution in [2.45, 2.75) is 49.6 Å². The summed E-state index contributed by atoms with van der Waals surface area (Å²) >= 11 is 0. The van der Waals surface area contributed by atoms with Gasteiger partial charge in [0.2, 0.25) is 0 Å². The van der Waals surface area contributed by atoms with Gasteiger partial charge in [-0.1, -0.05) is 103 Å². The van der Waals surface area contributed by atoms with Crippen LogP contribution in [-0.4, -0.2) is 31.7 Å². The van der Waals surface area contributed by atoms with E-state index >= 15 is 0 Å². The molecule has 3 fully saturated rings. The molecule has 5 heteroatoms. The molecular weight excluding hydrogens is 524 g/mol. The lowest BCUT2D eigenvalue weighted by atomic mass is 9.71.